The summed E-state index contributed by atoms with van der Waals surface area (Å²) in [6.45, 7) is 0. The highest BCUT2D eigenvalue weighted by Gasteiger charge is 2.26. The van der Waals surface area contributed by atoms with Gasteiger partial charge in [0.1, 0.15) is 0 Å². The van der Waals surface area contributed by atoms with Crippen LogP contribution in [-0.2, 0) is 4.79 Å². The summed E-state index contributed by atoms with van der Waals surface area (Å²) in [5.74, 6) is 0.0228. The average molecular weight is 221 g/mol. The highest BCUT2D eigenvalue weighted by atomic mass is 16.5. The number of pyridine rings is 1. The third-order valence-corrected chi connectivity index (χ3v) is 2.87. The summed E-state index contributed by atoms with van der Waals surface area (Å²) in [6, 6.07) is 5.21. The molecule has 0 unspecified atom stereocenters. The Morgan fingerprint density at radius 3 is 2.69 bits per heavy atom. The van der Waals surface area contributed by atoms with E-state index in [0.29, 0.717) is 31.6 Å². The molecule has 1 aliphatic rings. The molecule has 0 spiro atoms. The summed E-state index contributed by atoms with van der Waals surface area (Å²) >= 11 is 0. The van der Waals surface area contributed by atoms with E-state index in [1.165, 1.54) is 0 Å². The van der Waals surface area contributed by atoms with Gasteiger partial charge in [-0.25, -0.2) is 4.98 Å². The van der Waals surface area contributed by atoms with E-state index in [0.717, 1.165) is 0 Å². The van der Waals surface area contributed by atoms with Gasteiger partial charge >= 0.3 is 5.97 Å². The molecule has 1 N–H and O–H groups in total. The fourth-order valence-electron chi connectivity index (χ4n) is 1.91. The van der Waals surface area contributed by atoms with Crippen LogP contribution in [0, 0.1) is 5.92 Å². The lowest BCUT2D eigenvalue weighted by Gasteiger charge is -2.23. The van der Waals surface area contributed by atoms with Crippen LogP contribution >= 0.6 is 0 Å². The van der Waals surface area contributed by atoms with Gasteiger partial charge in [0, 0.05) is 12.3 Å². The van der Waals surface area contributed by atoms with Crippen molar-refractivity contribution in [1.82, 2.24) is 4.98 Å². The van der Waals surface area contributed by atoms with E-state index in [9.17, 15) is 9.90 Å². The Morgan fingerprint density at radius 2 is 2.06 bits per heavy atom. The summed E-state index contributed by atoms with van der Waals surface area (Å²) in [6.07, 6.45) is 4.11. The van der Waals surface area contributed by atoms with Crippen LogP contribution in [0.1, 0.15) is 25.7 Å². The third-order valence-electron chi connectivity index (χ3n) is 2.87. The van der Waals surface area contributed by atoms with Crippen molar-refractivity contribution in [2.45, 2.75) is 31.8 Å². The van der Waals surface area contributed by atoms with E-state index >= 15 is 0 Å². The largest absolute Gasteiger partial charge is 0.407 e. The van der Waals surface area contributed by atoms with Crippen LogP contribution in [0.5, 0.6) is 5.88 Å². The Bertz CT molecular complexity index is 345. The number of carbonyl (C=O) groups is 1. The molecular formula is C12H15NO3. The van der Waals surface area contributed by atoms with Gasteiger partial charge in [-0.3, -0.25) is 4.79 Å². The van der Waals surface area contributed by atoms with Gasteiger partial charge in [0.15, 0.2) is 0 Å². The number of rotatable bonds is 2. The van der Waals surface area contributed by atoms with E-state index in [1.807, 2.05) is 0 Å². The summed E-state index contributed by atoms with van der Waals surface area (Å²) in [5.41, 5.74) is 0. The number of esters is 1. The molecule has 2 rings (SSSR count). The highest BCUT2D eigenvalue weighted by Crippen LogP contribution is 2.25. The molecule has 86 valence electrons. The number of aliphatic hydroxyl groups excluding tert-OH is 1. The molecule has 1 aliphatic carbocycles. The van der Waals surface area contributed by atoms with Crippen LogP contribution in [0.15, 0.2) is 24.4 Å². The standard InChI is InChI=1S/C12H15NO3/c14-10-6-4-9(5-7-10)12(15)16-11-3-1-2-8-13-11/h1-3,8-10,14H,4-7H2. The number of hydrogen-bond donors (Lipinski definition) is 1. The average Bonchev–Trinajstić information content (AvgIpc) is 2.31. The zero-order valence-electron chi connectivity index (χ0n) is 9.00. The van der Waals surface area contributed by atoms with Crippen LogP contribution in [-0.4, -0.2) is 22.2 Å². The van der Waals surface area contributed by atoms with E-state index in [2.05, 4.69) is 4.98 Å². The quantitative estimate of drug-likeness (QED) is 0.769. The van der Waals surface area contributed by atoms with Crippen LogP contribution in [0.4, 0.5) is 0 Å². The van der Waals surface area contributed by atoms with Gasteiger partial charge in [-0.05, 0) is 31.7 Å². The molecule has 0 aliphatic heterocycles. The van der Waals surface area contributed by atoms with Crippen LogP contribution < -0.4 is 4.74 Å². The third kappa shape index (κ3) is 2.79. The lowest BCUT2D eigenvalue weighted by molar-refractivity contribution is -0.140. The molecule has 0 bridgehead atoms. The molecule has 0 radical (unpaired) electrons. The molecule has 0 atom stereocenters. The van der Waals surface area contributed by atoms with Gasteiger partial charge in [0.05, 0.1) is 12.0 Å². The van der Waals surface area contributed by atoms with Gasteiger partial charge in [0.2, 0.25) is 5.88 Å². The van der Waals surface area contributed by atoms with Gasteiger partial charge in [-0.1, -0.05) is 6.07 Å². The molecule has 4 heteroatoms. The first kappa shape index (κ1) is 11.1. The van der Waals surface area contributed by atoms with Gasteiger partial charge in [-0.2, -0.15) is 0 Å². The predicted octanol–water partition coefficient (Wildman–Crippen LogP) is 1.54. The Morgan fingerprint density at radius 1 is 1.31 bits per heavy atom. The molecule has 0 saturated heterocycles. The van der Waals surface area contributed by atoms with Crippen molar-refractivity contribution in [2.24, 2.45) is 5.92 Å². The van der Waals surface area contributed by atoms with E-state index in [-0.39, 0.29) is 18.0 Å². The first-order valence-electron chi connectivity index (χ1n) is 5.56. The lowest BCUT2D eigenvalue weighted by atomic mass is 9.88. The maximum absolute atomic E-state index is 11.7. The van der Waals surface area contributed by atoms with Gasteiger partial charge in [-0.15, -0.1) is 0 Å². The molecule has 4 nitrogen and oxygen atoms in total. The zero-order valence-corrected chi connectivity index (χ0v) is 9.00. The minimum atomic E-state index is -0.251. The Kier molecular flexibility index (Phi) is 3.51. The van der Waals surface area contributed by atoms with Crippen molar-refractivity contribution >= 4 is 5.97 Å². The topological polar surface area (TPSA) is 59.4 Å². The lowest BCUT2D eigenvalue weighted by Crippen LogP contribution is -2.27. The van der Waals surface area contributed by atoms with Crippen LogP contribution in [0.2, 0.25) is 0 Å². The summed E-state index contributed by atoms with van der Waals surface area (Å²) in [4.78, 5) is 15.7. The molecule has 0 amide bonds. The second-order valence-corrected chi connectivity index (χ2v) is 4.09. The maximum Gasteiger partial charge on any atom is 0.315 e. The number of aromatic nitrogens is 1. The van der Waals surface area contributed by atoms with Crippen molar-refractivity contribution < 1.29 is 14.6 Å². The Hall–Kier alpha value is -1.42. The minimum Gasteiger partial charge on any atom is -0.407 e. The number of carbonyl (C=O) groups excluding carboxylic acids is 1. The molecule has 1 heterocycles. The van der Waals surface area contributed by atoms with Crippen LogP contribution in [0.25, 0.3) is 0 Å². The SMILES string of the molecule is O=C(Oc1ccccn1)C1CCC(O)CC1. The van der Waals surface area contributed by atoms with Gasteiger partial charge < -0.3 is 9.84 Å². The predicted molar refractivity (Wildman–Crippen MR) is 57.8 cm³/mol. The number of nitrogens with zero attached hydrogens (tertiary/aromatic N) is 1. The van der Waals surface area contributed by atoms with Crippen molar-refractivity contribution in [3.63, 3.8) is 0 Å². The fourth-order valence-corrected chi connectivity index (χ4v) is 1.91. The summed E-state index contributed by atoms with van der Waals surface area (Å²) < 4.78 is 5.16. The second kappa shape index (κ2) is 5.07. The van der Waals surface area contributed by atoms with Crippen molar-refractivity contribution in [3.05, 3.63) is 24.4 Å². The highest BCUT2D eigenvalue weighted by molar-refractivity contribution is 5.74. The van der Waals surface area contributed by atoms with Crippen LogP contribution in [0.3, 0.4) is 0 Å². The van der Waals surface area contributed by atoms with Crippen molar-refractivity contribution in [1.29, 1.82) is 0 Å². The molecule has 0 aromatic carbocycles. The number of aliphatic hydroxyl groups is 1. The summed E-state index contributed by atoms with van der Waals surface area (Å²) in [5, 5.41) is 9.33. The van der Waals surface area contributed by atoms with E-state index < -0.39 is 0 Å². The molecule has 1 aromatic heterocycles. The van der Waals surface area contributed by atoms with E-state index in [4.69, 9.17) is 4.74 Å². The van der Waals surface area contributed by atoms with Crippen molar-refractivity contribution in [2.75, 3.05) is 0 Å². The minimum absolute atomic E-state index is 0.0922. The zero-order chi connectivity index (χ0) is 11.4. The molecule has 1 saturated carbocycles. The summed E-state index contributed by atoms with van der Waals surface area (Å²) in [7, 11) is 0. The molecule has 16 heavy (non-hydrogen) atoms. The fraction of sp³-hybridized carbons (Fsp3) is 0.500. The second-order valence-electron chi connectivity index (χ2n) is 4.09. The Balaban J connectivity index is 1.89. The van der Waals surface area contributed by atoms with E-state index in [1.54, 1.807) is 24.4 Å². The monoisotopic (exact) mass is 221 g/mol. The molecule has 1 aromatic rings. The number of hydrogen-bond acceptors (Lipinski definition) is 4. The molecule has 1 fully saturated rings. The molecular weight excluding hydrogens is 206 g/mol. The smallest absolute Gasteiger partial charge is 0.315 e. The number of ether oxygens (including phenoxy) is 1. The Labute approximate surface area is 94.3 Å². The van der Waals surface area contributed by atoms with Crippen molar-refractivity contribution in [3.8, 4) is 5.88 Å². The maximum atomic E-state index is 11.7. The first-order chi connectivity index (χ1) is 7.75. The van der Waals surface area contributed by atoms with Gasteiger partial charge in [0.25, 0.3) is 0 Å². The normalized spacial score (nSPS) is 25.1. The first-order valence-corrected chi connectivity index (χ1v) is 5.56.